The van der Waals surface area contributed by atoms with E-state index in [9.17, 15) is 8.42 Å². The molecule has 1 aromatic carbocycles. The van der Waals surface area contributed by atoms with Crippen molar-refractivity contribution in [3.63, 3.8) is 0 Å². The van der Waals surface area contributed by atoms with Crippen molar-refractivity contribution in [3.05, 3.63) is 46.3 Å². The van der Waals surface area contributed by atoms with Gasteiger partial charge in [-0.25, -0.2) is 13.4 Å². The second-order valence-electron chi connectivity index (χ2n) is 4.43. The SMILES string of the molecule is [2H]c1cccc(Nc2nc(Cl)ncc2Cl)c1C(C)S(C)(=O)=O. The summed E-state index contributed by atoms with van der Waals surface area (Å²) in [5.41, 5.74) is 0.776. The summed E-state index contributed by atoms with van der Waals surface area (Å²) in [6, 6.07) is 4.93. The minimum absolute atomic E-state index is 0.00615. The first-order valence-electron chi connectivity index (χ1n) is 6.43. The summed E-state index contributed by atoms with van der Waals surface area (Å²) in [5.74, 6) is 0.245. The van der Waals surface area contributed by atoms with Gasteiger partial charge in [-0.1, -0.05) is 29.8 Å². The molecule has 2 rings (SSSR count). The first-order valence-corrected chi connectivity index (χ1v) is 8.64. The number of nitrogens with zero attached hydrogens (tertiary/aromatic N) is 2. The van der Waals surface area contributed by atoms with E-state index in [-0.39, 0.29) is 22.2 Å². The largest absolute Gasteiger partial charge is 0.339 e. The Kier molecular flexibility index (Phi) is 4.28. The van der Waals surface area contributed by atoms with Crippen molar-refractivity contribution in [1.29, 1.82) is 0 Å². The number of hydrogen-bond acceptors (Lipinski definition) is 5. The maximum Gasteiger partial charge on any atom is 0.224 e. The molecule has 1 atom stereocenters. The van der Waals surface area contributed by atoms with Gasteiger partial charge in [0.1, 0.15) is 5.02 Å². The second-order valence-corrected chi connectivity index (χ2v) is 7.54. The van der Waals surface area contributed by atoms with Gasteiger partial charge in [-0.05, 0) is 30.2 Å². The highest BCUT2D eigenvalue weighted by molar-refractivity contribution is 7.90. The van der Waals surface area contributed by atoms with E-state index >= 15 is 0 Å². The highest BCUT2D eigenvalue weighted by Gasteiger charge is 2.20. The molecule has 1 heterocycles. The first kappa shape index (κ1) is 14.6. The Labute approximate surface area is 134 Å². The molecular formula is C13H13Cl2N3O2S. The smallest absolute Gasteiger partial charge is 0.224 e. The lowest BCUT2D eigenvalue weighted by atomic mass is 10.1. The molecule has 0 saturated carbocycles. The highest BCUT2D eigenvalue weighted by atomic mass is 35.5. The molecule has 0 fully saturated rings. The summed E-state index contributed by atoms with van der Waals surface area (Å²) >= 11 is 11.7. The van der Waals surface area contributed by atoms with Gasteiger partial charge in [-0.2, -0.15) is 4.98 Å². The lowest BCUT2D eigenvalue weighted by molar-refractivity contribution is 0.592. The van der Waals surface area contributed by atoms with Crippen molar-refractivity contribution >= 4 is 44.5 Å². The molecule has 0 aliphatic heterocycles. The Bertz CT molecular complexity index is 815. The highest BCUT2D eigenvalue weighted by Crippen LogP contribution is 2.31. The third-order valence-corrected chi connectivity index (χ3v) is 4.88. The van der Waals surface area contributed by atoms with Gasteiger partial charge < -0.3 is 5.32 Å². The monoisotopic (exact) mass is 346 g/mol. The lowest BCUT2D eigenvalue weighted by Gasteiger charge is -2.16. The van der Waals surface area contributed by atoms with Crippen LogP contribution < -0.4 is 5.32 Å². The summed E-state index contributed by atoms with van der Waals surface area (Å²) in [4.78, 5) is 7.71. The van der Waals surface area contributed by atoms with Crippen LogP contribution in [0, 0.1) is 0 Å². The number of halogens is 2. The zero-order chi connectivity index (χ0) is 16.5. The molecule has 2 aromatic rings. The molecule has 1 unspecified atom stereocenters. The average molecular weight is 347 g/mol. The van der Waals surface area contributed by atoms with Crippen LogP contribution in [0.15, 0.2) is 30.4 Å². The third kappa shape index (κ3) is 3.84. The van der Waals surface area contributed by atoms with Crippen LogP contribution in [-0.2, 0) is 9.84 Å². The van der Waals surface area contributed by atoms with Crippen molar-refractivity contribution in [1.82, 2.24) is 9.97 Å². The summed E-state index contributed by atoms with van der Waals surface area (Å²) in [6.45, 7) is 1.53. The third-order valence-electron chi connectivity index (χ3n) is 2.90. The molecule has 0 bridgehead atoms. The van der Waals surface area contributed by atoms with Crippen molar-refractivity contribution in [2.75, 3.05) is 11.6 Å². The molecule has 5 nitrogen and oxygen atoms in total. The Morgan fingerprint density at radius 1 is 1.38 bits per heavy atom. The van der Waals surface area contributed by atoms with E-state index in [1.807, 2.05) is 0 Å². The standard InChI is InChI=1S/C13H13Cl2N3O2S/c1-8(21(2,19)20)9-5-3-4-6-11(9)17-12-10(14)7-16-13(15)18-12/h3-8H,1-2H3,(H,16,17,18)/i5D. The maximum atomic E-state index is 11.8. The van der Waals surface area contributed by atoms with E-state index in [2.05, 4.69) is 15.3 Å². The van der Waals surface area contributed by atoms with Crippen molar-refractivity contribution in [2.24, 2.45) is 0 Å². The van der Waals surface area contributed by atoms with Gasteiger partial charge in [-0.15, -0.1) is 0 Å². The first-order chi connectivity index (χ1) is 10.2. The van der Waals surface area contributed by atoms with Crippen molar-refractivity contribution < 1.29 is 9.79 Å². The zero-order valence-corrected chi connectivity index (χ0v) is 13.6. The summed E-state index contributed by atoms with van der Waals surface area (Å²) in [7, 11) is -3.36. The van der Waals surface area contributed by atoms with Crippen LogP contribution in [-0.4, -0.2) is 24.6 Å². The number of rotatable bonds is 4. The van der Waals surface area contributed by atoms with Gasteiger partial charge in [0.05, 0.1) is 12.8 Å². The maximum absolute atomic E-state index is 11.8. The minimum atomic E-state index is -3.36. The Morgan fingerprint density at radius 3 is 2.76 bits per heavy atom. The fraction of sp³-hybridized carbons (Fsp3) is 0.231. The molecule has 0 aliphatic rings. The Balaban J connectivity index is 2.53. The molecule has 0 saturated heterocycles. The average Bonchev–Trinajstić information content (AvgIpc) is 2.41. The van der Waals surface area contributed by atoms with E-state index in [0.717, 1.165) is 6.26 Å². The van der Waals surface area contributed by atoms with Gasteiger partial charge in [0.15, 0.2) is 15.7 Å². The summed E-state index contributed by atoms with van der Waals surface area (Å²) in [5, 5.41) is 2.32. The van der Waals surface area contributed by atoms with Crippen molar-refractivity contribution in [2.45, 2.75) is 12.2 Å². The zero-order valence-electron chi connectivity index (χ0n) is 12.3. The number of nitrogens with one attached hydrogen (secondary N) is 1. The molecule has 0 aliphatic carbocycles. The Morgan fingerprint density at radius 2 is 2.10 bits per heavy atom. The topological polar surface area (TPSA) is 72.0 Å². The molecule has 0 radical (unpaired) electrons. The molecule has 0 amide bonds. The van der Waals surface area contributed by atoms with Crippen LogP contribution in [0.1, 0.15) is 19.1 Å². The van der Waals surface area contributed by atoms with Gasteiger partial charge >= 0.3 is 0 Å². The summed E-state index contributed by atoms with van der Waals surface area (Å²) < 4.78 is 31.6. The molecule has 8 heteroatoms. The van der Waals surface area contributed by atoms with E-state index in [1.54, 1.807) is 12.1 Å². The minimum Gasteiger partial charge on any atom is -0.339 e. The van der Waals surface area contributed by atoms with Gasteiger partial charge in [0.2, 0.25) is 5.28 Å². The number of para-hydroxylation sites is 1. The van der Waals surface area contributed by atoms with Crippen LogP contribution in [0.3, 0.4) is 0 Å². The Hall–Kier alpha value is -1.37. The molecule has 1 aromatic heterocycles. The van der Waals surface area contributed by atoms with Gasteiger partial charge in [0, 0.05) is 11.9 Å². The van der Waals surface area contributed by atoms with E-state index in [0.29, 0.717) is 11.3 Å². The fourth-order valence-electron chi connectivity index (χ4n) is 1.67. The normalized spacial score (nSPS) is 13.6. The molecule has 112 valence electrons. The number of benzene rings is 1. The second kappa shape index (κ2) is 6.17. The van der Waals surface area contributed by atoms with E-state index in [1.165, 1.54) is 19.2 Å². The predicted octanol–water partition coefficient (Wildman–Crippen LogP) is 3.63. The number of sulfone groups is 1. The lowest BCUT2D eigenvalue weighted by Crippen LogP contribution is -2.10. The van der Waals surface area contributed by atoms with Gasteiger partial charge in [-0.3, -0.25) is 0 Å². The molecule has 1 N–H and O–H groups in total. The van der Waals surface area contributed by atoms with Crippen LogP contribution in [0.4, 0.5) is 11.5 Å². The van der Waals surface area contributed by atoms with Crippen molar-refractivity contribution in [3.8, 4) is 0 Å². The van der Waals surface area contributed by atoms with Crippen LogP contribution in [0.25, 0.3) is 0 Å². The van der Waals surface area contributed by atoms with Gasteiger partial charge in [0.25, 0.3) is 0 Å². The number of anilines is 2. The molecule has 21 heavy (non-hydrogen) atoms. The van der Waals surface area contributed by atoms with E-state index in [4.69, 9.17) is 24.6 Å². The molecule has 0 spiro atoms. The fourth-order valence-corrected chi connectivity index (χ4v) is 2.56. The predicted molar refractivity (Wildman–Crippen MR) is 85.0 cm³/mol. The number of aromatic nitrogens is 2. The summed E-state index contributed by atoms with van der Waals surface area (Å²) in [6.07, 6.45) is 2.46. The van der Waals surface area contributed by atoms with E-state index < -0.39 is 15.1 Å². The van der Waals surface area contributed by atoms with Crippen LogP contribution >= 0.6 is 23.2 Å². The molecular weight excluding hydrogens is 333 g/mol. The van der Waals surface area contributed by atoms with Crippen LogP contribution in [0.2, 0.25) is 10.3 Å². The quantitative estimate of drug-likeness (QED) is 0.855. The van der Waals surface area contributed by atoms with Crippen LogP contribution in [0.5, 0.6) is 0 Å². The number of hydrogen-bond donors (Lipinski definition) is 1.